The summed E-state index contributed by atoms with van der Waals surface area (Å²) in [6, 6.07) is -0.841. The van der Waals surface area contributed by atoms with Gasteiger partial charge in [0.15, 0.2) is 0 Å². The normalized spacial score (nSPS) is 24.0. The second-order valence-corrected chi connectivity index (χ2v) is 4.67. The fourth-order valence-electron chi connectivity index (χ4n) is 1.58. The van der Waals surface area contributed by atoms with Crippen molar-refractivity contribution in [2.24, 2.45) is 11.3 Å². The number of carboxylic acid groups (broad SMARTS) is 1. The summed E-state index contributed by atoms with van der Waals surface area (Å²) in [6.07, 6.45) is 2.59. The van der Waals surface area contributed by atoms with E-state index in [-0.39, 0.29) is 23.7 Å². The van der Waals surface area contributed by atoms with E-state index >= 15 is 0 Å². The average molecular weight is 211 g/mol. The van der Waals surface area contributed by atoms with Gasteiger partial charge in [-0.05, 0) is 18.3 Å². The molecule has 0 saturated heterocycles. The molecule has 0 bridgehead atoms. The molecule has 84 valence electrons. The summed E-state index contributed by atoms with van der Waals surface area (Å²) in [4.78, 5) is 22.4. The van der Waals surface area contributed by atoms with E-state index in [2.05, 4.69) is 11.9 Å². The third kappa shape index (κ3) is 2.81. The number of carboxylic acids is 1. The monoisotopic (exact) mass is 211 g/mol. The molecule has 0 aromatic rings. The molecule has 0 aliphatic heterocycles. The molecule has 2 N–H and O–H groups in total. The number of rotatable bonds is 5. The summed E-state index contributed by atoms with van der Waals surface area (Å²) < 4.78 is 0. The van der Waals surface area contributed by atoms with E-state index in [0.29, 0.717) is 0 Å². The lowest BCUT2D eigenvalue weighted by molar-refractivity contribution is -0.142. The van der Waals surface area contributed by atoms with Crippen molar-refractivity contribution in [2.75, 3.05) is 0 Å². The first-order valence-electron chi connectivity index (χ1n) is 5.02. The van der Waals surface area contributed by atoms with Crippen LogP contribution in [0.3, 0.4) is 0 Å². The maximum Gasteiger partial charge on any atom is 0.326 e. The van der Waals surface area contributed by atoms with Gasteiger partial charge in [0, 0.05) is 5.92 Å². The van der Waals surface area contributed by atoms with E-state index < -0.39 is 12.0 Å². The average Bonchev–Trinajstić information content (AvgIpc) is 2.74. The first-order chi connectivity index (χ1) is 6.88. The Kier molecular flexibility index (Phi) is 3.17. The summed E-state index contributed by atoms with van der Waals surface area (Å²) >= 11 is 0. The second kappa shape index (κ2) is 4.04. The van der Waals surface area contributed by atoms with Gasteiger partial charge < -0.3 is 10.4 Å². The highest BCUT2D eigenvalue weighted by Gasteiger charge is 2.51. The zero-order valence-electron chi connectivity index (χ0n) is 9.12. The Bertz CT molecular complexity index is 296. The lowest BCUT2D eigenvalue weighted by Gasteiger charge is -2.13. The van der Waals surface area contributed by atoms with Crippen LogP contribution in [0.25, 0.3) is 0 Å². The zero-order chi connectivity index (χ0) is 11.6. The van der Waals surface area contributed by atoms with E-state index in [1.54, 1.807) is 0 Å². The van der Waals surface area contributed by atoms with Crippen molar-refractivity contribution in [1.82, 2.24) is 5.32 Å². The Hall–Kier alpha value is -1.32. The van der Waals surface area contributed by atoms with Crippen molar-refractivity contribution in [3.05, 3.63) is 12.7 Å². The van der Waals surface area contributed by atoms with Gasteiger partial charge in [0.2, 0.25) is 5.91 Å². The van der Waals surface area contributed by atoms with Crippen LogP contribution in [0.15, 0.2) is 12.7 Å². The molecule has 15 heavy (non-hydrogen) atoms. The number of hydrogen-bond acceptors (Lipinski definition) is 2. The van der Waals surface area contributed by atoms with Gasteiger partial charge in [0.05, 0.1) is 0 Å². The van der Waals surface area contributed by atoms with Crippen molar-refractivity contribution in [1.29, 1.82) is 0 Å². The number of aliphatic carboxylic acids is 1. The van der Waals surface area contributed by atoms with E-state index in [4.69, 9.17) is 5.11 Å². The van der Waals surface area contributed by atoms with Crippen LogP contribution in [0.1, 0.15) is 26.7 Å². The number of carbonyl (C=O) groups is 2. The Balaban J connectivity index is 2.49. The Morgan fingerprint density at radius 1 is 1.67 bits per heavy atom. The molecule has 1 amide bonds. The van der Waals surface area contributed by atoms with Gasteiger partial charge in [0.25, 0.3) is 0 Å². The van der Waals surface area contributed by atoms with E-state index in [1.165, 1.54) is 6.08 Å². The third-order valence-electron chi connectivity index (χ3n) is 2.85. The smallest absolute Gasteiger partial charge is 0.326 e. The van der Waals surface area contributed by atoms with Crippen LogP contribution in [-0.2, 0) is 9.59 Å². The van der Waals surface area contributed by atoms with Gasteiger partial charge in [-0.3, -0.25) is 4.79 Å². The summed E-state index contributed by atoms with van der Waals surface area (Å²) in [5.41, 5.74) is 0.0291. The lowest BCUT2D eigenvalue weighted by Crippen LogP contribution is -2.41. The maximum atomic E-state index is 11.6. The standard InChI is InChI=1S/C11H17NO3/c1-4-5-8(10(14)15)12-9(13)7-6-11(7,2)3/h4,7-8H,1,5-6H2,2-3H3,(H,12,13)(H,14,15). The number of hydrogen-bond donors (Lipinski definition) is 2. The molecular formula is C11H17NO3. The van der Waals surface area contributed by atoms with E-state index in [1.807, 2.05) is 13.8 Å². The summed E-state index contributed by atoms with van der Waals surface area (Å²) in [5.74, 6) is -1.21. The van der Waals surface area contributed by atoms with E-state index in [0.717, 1.165) is 6.42 Å². The Morgan fingerprint density at radius 2 is 2.20 bits per heavy atom. The molecule has 1 fully saturated rings. The van der Waals surface area contributed by atoms with Gasteiger partial charge in [0.1, 0.15) is 6.04 Å². The lowest BCUT2D eigenvalue weighted by atomic mass is 10.1. The molecule has 0 aromatic heterocycles. The van der Waals surface area contributed by atoms with Crippen molar-refractivity contribution < 1.29 is 14.7 Å². The molecule has 0 aromatic carbocycles. The molecule has 2 unspecified atom stereocenters. The van der Waals surface area contributed by atoms with Gasteiger partial charge in [-0.2, -0.15) is 0 Å². The fourth-order valence-corrected chi connectivity index (χ4v) is 1.58. The molecule has 1 rings (SSSR count). The Labute approximate surface area is 89.4 Å². The van der Waals surface area contributed by atoms with Crippen LogP contribution >= 0.6 is 0 Å². The highest BCUT2D eigenvalue weighted by molar-refractivity contribution is 5.87. The zero-order valence-corrected chi connectivity index (χ0v) is 9.12. The number of nitrogens with one attached hydrogen (secondary N) is 1. The summed E-state index contributed by atoms with van der Waals surface area (Å²) in [7, 11) is 0. The van der Waals surface area contributed by atoms with Crippen LogP contribution in [-0.4, -0.2) is 23.0 Å². The third-order valence-corrected chi connectivity index (χ3v) is 2.85. The highest BCUT2D eigenvalue weighted by Crippen LogP contribution is 2.51. The molecule has 2 atom stereocenters. The van der Waals surface area contributed by atoms with Crippen LogP contribution in [0, 0.1) is 11.3 Å². The molecular weight excluding hydrogens is 194 g/mol. The molecule has 1 aliphatic carbocycles. The summed E-state index contributed by atoms with van der Waals surface area (Å²) in [5, 5.41) is 11.3. The SMILES string of the molecule is C=CCC(NC(=O)C1CC1(C)C)C(=O)O. The Morgan fingerprint density at radius 3 is 2.53 bits per heavy atom. The molecule has 0 radical (unpaired) electrons. The quantitative estimate of drug-likeness (QED) is 0.671. The topological polar surface area (TPSA) is 66.4 Å². The van der Waals surface area contributed by atoms with Crippen molar-refractivity contribution in [3.8, 4) is 0 Å². The predicted octanol–water partition coefficient (Wildman–Crippen LogP) is 1.18. The first kappa shape index (κ1) is 11.8. The molecule has 4 heteroatoms. The highest BCUT2D eigenvalue weighted by atomic mass is 16.4. The first-order valence-corrected chi connectivity index (χ1v) is 5.02. The van der Waals surface area contributed by atoms with Crippen molar-refractivity contribution >= 4 is 11.9 Å². The van der Waals surface area contributed by atoms with Gasteiger partial charge in [-0.15, -0.1) is 6.58 Å². The second-order valence-electron chi connectivity index (χ2n) is 4.67. The van der Waals surface area contributed by atoms with Crippen molar-refractivity contribution in [2.45, 2.75) is 32.7 Å². The summed E-state index contributed by atoms with van der Waals surface area (Å²) in [6.45, 7) is 7.47. The van der Waals surface area contributed by atoms with Crippen LogP contribution in [0.4, 0.5) is 0 Å². The van der Waals surface area contributed by atoms with Crippen LogP contribution in [0.5, 0.6) is 0 Å². The minimum atomic E-state index is -1.01. The van der Waals surface area contributed by atoms with Gasteiger partial charge in [-0.25, -0.2) is 4.79 Å². The minimum Gasteiger partial charge on any atom is -0.480 e. The predicted molar refractivity (Wildman–Crippen MR) is 56.3 cm³/mol. The molecule has 0 heterocycles. The van der Waals surface area contributed by atoms with Gasteiger partial charge in [-0.1, -0.05) is 19.9 Å². The molecule has 1 aliphatic rings. The van der Waals surface area contributed by atoms with Gasteiger partial charge >= 0.3 is 5.97 Å². The van der Waals surface area contributed by atoms with Crippen LogP contribution < -0.4 is 5.32 Å². The maximum absolute atomic E-state index is 11.6. The largest absolute Gasteiger partial charge is 0.480 e. The molecule has 0 spiro atoms. The minimum absolute atomic E-state index is 0.0291. The molecule has 1 saturated carbocycles. The van der Waals surface area contributed by atoms with E-state index in [9.17, 15) is 9.59 Å². The van der Waals surface area contributed by atoms with Crippen molar-refractivity contribution in [3.63, 3.8) is 0 Å². The van der Waals surface area contributed by atoms with Crippen LogP contribution in [0.2, 0.25) is 0 Å². The number of amides is 1. The fraction of sp³-hybridized carbons (Fsp3) is 0.636. The number of carbonyl (C=O) groups excluding carboxylic acids is 1. The molecule has 4 nitrogen and oxygen atoms in total.